The topological polar surface area (TPSA) is 96.2 Å². The van der Waals surface area contributed by atoms with Crippen LogP contribution in [0.1, 0.15) is 26.1 Å². The van der Waals surface area contributed by atoms with E-state index in [1.54, 1.807) is 13.4 Å². The van der Waals surface area contributed by atoms with Gasteiger partial charge in [-0.15, -0.1) is 0 Å². The van der Waals surface area contributed by atoms with Crippen molar-refractivity contribution in [2.45, 2.75) is 45.3 Å². The lowest BCUT2D eigenvalue weighted by Gasteiger charge is -2.25. The summed E-state index contributed by atoms with van der Waals surface area (Å²) >= 11 is 0. The van der Waals surface area contributed by atoms with Gasteiger partial charge in [0.05, 0.1) is 13.1 Å². The van der Waals surface area contributed by atoms with Gasteiger partial charge in [0.2, 0.25) is 5.91 Å². The highest BCUT2D eigenvalue weighted by Crippen LogP contribution is 2.10. The molecule has 8 nitrogen and oxygen atoms in total. The van der Waals surface area contributed by atoms with E-state index >= 15 is 0 Å². The lowest BCUT2D eigenvalue weighted by molar-refractivity contribution is -0.120. The van der Waals surface area contributed by atoms with E-state index in [4.69, 9.17) is 0 Å². The highest BCUT2D eigenvalue weighted by Gasteiger charge is 2.20. The molecule has 2 heterocycles. The molecule has 1 aromatic heterocycles. The maximum absolute atomic E-state index is 11.6. The zero-order valence-corrected chi connectivity index (χ0v) is 12.8. The number of carbonyl (C=O) groups is 1. The molecule has 0 bridgehead atoms. The van der Waals surface area contributed by atoms with Crippen molar-refractivity contribution in [3.05, 3.63) is 12.2 Å². The molecule has 0 aliphatic carbocycles. The standard InChI is InChI=1S/C13H23N7O/c1-9(2)18-12(21)6-15-13(14-3)19-10-4-5-11-16-8-17-20(11)7-10/h8-10H,4-7H2,1-3H3,(H,18,21)(H2,14,15,19). The van der Waals surface area contributed by atoms with E-state index < -0.39 is 0 Å². The van der Waals surface area contributed by atoms with E-state index in [2.05, 4.69) is 31.0 Å². The molecule has 1 aliphatic heterocycles. The van der Waals surface area contributed by atoms with Crippen LogP contribution in [0.4, 0.5) is 0 Å². The monoisotopic (exact) mass is 293 g/mol. The summed E-state index contributed by atoms with van der Waals surface area (Å²) in [5, 5.41) is 13.4. The minimum absolute atomic E-state index is 0.0462. The third-order valence-electron chi connectivity index (χ3n) is 3.24. The van der Waals surface area contributed by atoms with Crippen LogP contribution in [0.3, 0.4) is 0 Å². The van der Waals surface area contributed by atoms with Gasteiger partial charge in [-0.3, -0.25) is 9.79 Å². The molecule has 116 valence electrons. The van der Waals surface area contributed by atoms with Crippen LogP contribution in [-0.2, 0) is 17.8 Å². The minimum atomic E-state index is -0.0462. The molecule has 1 aliphatic rings. The maximum atomic E-state index is 11.6. The Labute approximate surface area is 124 Å². The number of nitrogens with zero attached hydrogens (tertiary/aromatic N) is 4. The van der Waals surface area contributed by atoms with Crippen LogP contribution in [-0.4, -0.2) is 52.3 Å². The molecule has 0 fully saturated rings. The van der Waals surface area contributed by atoms with E-state index in [1.165, 1.54) is 0 Å². The fraction of sp³-hybridized carbons (Fsp3) is 0.692. The molecule has 2 rings (SSSR count). The first-order chi connectivity index (χ1) is 10.1. The van der Waals surface area contributed by atoms with Crippen LogP contribution in [0.15, 0.2) is 11.3 Å². The first-order valence-electron chi connectivity index (χ1n) is 7.21. The Balaban J connectivity index is 1.80. The first-order valence-corrected chi connectivity index (χ1v) is 7.21. The number of aromatic nitrogens is 3. The molecular formula is C13H23N7O. The third-order valence-corrected chi connectivity index (χ3v) is 3.24. The predicted octanol–water partition coefficient (Wildman–Crippen LogP) is -0.717. The Morgan fingerprint density at radius 2 is 2.38 bits per heavy atom. The molecule has 1 unspecified atom stereocenters. The maximum Gasteiger partial charge on any atom is 0.239 e. The van der Waals surface area contributed by atoms with Gasteiger partial charge in [-0.2, -0.15) is 5.10 Å². The second kappa shape index (κ2) is 7.05. The van der Waals surface area contributed by atoms with Crippen molar-refractivity contribution in [2.75, 3.05) is 13.6 Å². The molecule has 0 saturated carbocycles. The van der Waals surface area contributed by atoms with Crippen molar-refractivity contribution < 1.29 is 4.79 Å². The molecule has 0 radical (unpaired) electrons. The summed E-state index contributed by atoms with van der Waals surface area (Å²) in [6.07, 6.45) is 3.45. The number of rotatable bonds is 4. The summed E-state index contributed by atoms with van der Waals surface area (Å²) in [6, 6.07) is 0.372. The summed E-state index contributed by atoms with van der Waals surface area (Å²) in [5.74, 6) is 1.60. The van der Waals surface area contributed by atoms with Gasteiger partial charge in [0, 0.05) is 25.6 Å². The summed E-state index contributed by atoms with van der Waals surface area (Å²) in [5.41, 5.74) is 0. The molecule has 1 amide bonds. The zero-order valence-electron chi connectivity index (χ0n) is 12.8. The highest BCUT2D eigenvalue weighted by molar-refractivity contribution is 5.86. The van der Waals surface area contributed by atoms with Gasteiger partial charge >= 0.3 is 0 Å². The molecule has 0 saturated heterocycles. The van der Waals surface area contributed by atoms with Crippen molar-refractivity contribution in [2.24, 2.45) is 4.99 Å². The average Bonchev–Trinajstić information content (AvgIpc) is 2.90. The number of carbonyl (C=O) groups excluding carboxylic acids is 1. The van der Waals surface area contributed by atoms with E-state index in [0.29, 0.717) is 5.96 Å². The van der Waals surface area contributed by atoms with Crippen LogP contribution in [0.5, 0.6) is 0 Å². The van der Waals surface area contributed by atoms with Gasteiger partial charge in [0.25, 0.3) is 0 Å². The summed E-state index contributed by atoms with van der Waals surface area (Å²) in [6.45, 7) is 4.83. The quantitative estimate of drug-likeness (QED) is 0.503. The second-order valence-corrected chi connectivity index (χ2v) is 5.39. The number of hydrogen-bond acceptors (Lipinski definition) is 4. The molecule has 0 aromatic carbocycles. The van der Waals surface area contributed by atoms with Crippen molar-refractivity contribution in [3.63, 3.8) is 0 Å². The normalized spacial score (nSPS) is 18.3. The number of nitrogens with one attached hydrogen (secondary N) is 3. The Morgan fingerprint density at radius 3 is 3.10 bits per heavy atom. The largest absolute Gasteiger partial charge is 0.352 e. The third kappa shape index (κ3) is 4.44. The van der Waals surface area contributed by atoms with Gasteiger partial charge in [0.1, 0.15) is 12.2 Å². The van der Waals surface area contributed by atoms with Gasteiger partial charge in [0.15, 0.2) is 5.96 Å². The minimum Gasteiger partial charge on any atom is -0.352 e. The number of aliphatic imine (C=N–C) groups is 1. The number of hydrogen-bond donors (Lipinski definition) is 3. The van der Waals surface area contributed by atoms with Gasteiger partial charge in [-0.1, -0.05) is 0 Å². The lowest BCUT2D eigenvalue weighted by Crippen LogP contribution is -2.49. The van der Waals surface area contributed by atoms with Crippen molar-refractivity contribution in [1.29, 1.82) is 0 Å². The summed E-state index contributed by atoms with van der Waals surface area (Å²) in [4.78, 5) is 20.0. The van der Waals surface area contributed by atoms with Crippen LogP contribution < -0.4 is 16.0 Å². The Bertz CT molecular complexity index is 508. The second-order valence-electron chi connectivity index (χ2n) is 5.39. The van der Waals surface area contributed by atoms with Gasteiger partial charge in [-0.05, 0) is 20.3 Å². The van der Waals surface area contributed by atoms with E-state index in [0.717, 1.165) is 25.2 Å². The fourth-order valence-corrected chi connectivity index (χ4v) is 2.28. The zero-order chi connectivity index (χ0) is 15.2. The van der Waals surface area contributed by atoms with E-state index in [9.17, 15) is 4.79 Å². The van der Waals surface area contributed by atoms with Gasteiger partial charge in [-0.25, -0.2) is 9.67 Å². The molecule has 1 atom stereocenters. The Hall–Kier alpha value is -2.12. The number of aryl methyl sites for hydroxylation is 1. The average molecular weight is 293 g/mol. The summed E-state index contributed by atoms with van der Waals surface area (Å²) < 4.78 is 1.90. The van der Waals surface area contributed by atoms with Crippen LogP contribution >= 0.6 is 0 Å². The van der Waals surface area contributed by atoms with Gasteiger partial charge < -0.3 is 16.0 Å². The van der Waals surface area contributed by atoms with Crippen molar-refractivity contribution >= 4 is 11.9 Å². The Morgan fingerprint density at radius 1 is 1.57 bits per heavy atom. The first kappa shape index (κ1) is 15.3. The predicted molar refractivity (Wildman–Crippen MR) is 79.9 cm³/mol. The van der Waals surface area contributed by atoms with Crippen molar-refractivity contribution in [1.82, 2.24) is 30.7 Å². The van der Waals surface area contributed by atoms with Crippen LogP contribution in [0.2, 0.25) is 0 Å². The Kier molecular flexibility index (Phi) is 5.13. The fourth-order valence-electron chi connectivity index (χ4n) is 2.28. The lowest BCUT2D eigenvalue weighted by atomic mass is 10.1. The number of amides is 1. The molecular weight excluding hydrogens is 270 g/mol. The van der Waals surface area contributed by atoms with E-state index in [-0.39, 0.29) is 24.5 Å². The smallest absolute Gasteiger partial charge is 0.239 e. The SMILES string of the molecule is CN=C(NCC(=O)NC(C)C)NC1CCc2ncnn2C1. The van der Waals surface area contributed by atoms with Crippen LogP contribution in [0, 0.1) is 0 Å². The molecule has 0 spiro atoms. The number of guanidine groups is 1. The highest BCUT2D eigenvalue weighted by atomic mass is 16.1. The molecule has 1 aromatic rings. The van der Waals surface area contributed by atoms with Crippen LogP contribution in [0.25, 0.3) is 0 Å². The molecule has 8 heteroatoms. The number of fused-ring (bicyclic) bond motifs is 1. The van der Waals surface area contributed by atoms with E-state index in [1.807, 2.05) is 18.5 Å². The summed E-state index contributed by atoms with van der Waals surface area (Å²) in [7, 11) is 1.69. The van der Waals surface area contributed by atoms with Crippen molar-refractivity contribution in [3.8, 4) is 0 Å². The molecule has 21 heavy (non-hydrogen) atoms. The molecule has 3 N–H and O–H groups in total.